The summed E-state index contributed by atoms with van der Waals surface area (Å²) in [5.41, 5.74) is 0. The first-order valence-electron chi connectivity index (χ1n) is 12.5. The molecule has 0 aromatic carbocycles. The number of hydrogen-bond donors (Lipinski definition) is 3. The van der Waals surface area contributed by atoms with E-state index >= 15 is 0 Å². The maximum atomic E-state index is 12.9. The third-order valence-electron chi connectivity index (χ3n) is 6.55. The highest BCUT2D eigenvalue weighted by Crippen LogP contribution is 2.28. The lowest BCUT2D eigenvalue weighted by atomic mass is 9.94. The molecular formula is C24H40N4O5. The summed E-state index contributed by atoms with van der Waals surface area (Å²) in [6, 6.07) is -0.629. The zero-order valence-electron chi connectivity index (χ0n) is 20.3. The Morgan fingerprint density at radius 2 is 1.67 bits per heavy atom. The van der Waals surface area contributed by atoms with Crippen LogP contribution in [0.3, 0.4) is 0 Å². The number of carbonyl (C=O) groups excluding carboxylic acids is 5. The van der Waals surface area contributed by atoms with E-state index in [9.17, 15) is 24.0 Å². The molecule has 2 aliphatic rings. The quantitative estimate of drug-likeness (QED) is 0.334. The van der Waals surface area contributed by atoms with Crippen molar-refractivity contribution in [2.75, 3.05) is 19.6 Å². The van der Waals surface area contributed by atoms with Crippen LogP contribution >= 0.6 is 0 Å². The van der Waals surface area contributed by atoms with Crippen LogP contribution in [0.1, 0.15) is 78.6 Å². The summed E-state index contributed by atoms with van der Waals surface area (Å²) in [5.74, 6) is -1.96. The lowest BCUT2D eigenvalue weighted by Gasteiger charge is -2.27. The van der Waals surface area contributed by atoms with Gasteiger partial charge in [0, 0.05) is 19.0 Å². The van der Waals surface area contributed by atoms with Gasteiger partial charge in [-0.2, -0.15) is 0 Å². The number of rotatable bonds is 14. The van der Waals surface area contributed by atoms with Crippen molar-refractivity contribution in [3.8, 4) is 0 Å². The molecule has 1 saturated heterocycles. The normalized spacial score (nSPS) is 20.8. The van der Waals surface area contributed by atoms with Gasteiger partial charge in [-0.1, -0.05) is 46.5 Å². The van der Waals surface area contributed by atoms with Gasteiger partial charge in [0.2, 0.25) is 23.5 Å². The standard InChI is InChI=1S/C24H40N4O5/c1-4-7-16(6-3)13-20(30)25-15-21(31)28-12-11-17(8-5-2)22(28)24(33)26-14-19(29)23(32)27-18-9-10-18/h16-18,22H,4-15H2,1-3H3,(H,25,30)(H,26,33)(H,27,32)/t16?,17-,22?/m0/s1. The molecule has 186 valence electrons. The molecule has 1 aliphatic carbocycles. The number of likely N-dealkylation sites (tertiary alicyclic amines) is 1. The largest absolute Gasteiger partial charge is 0.347 e. The van der Waals surface area contributed by atoms with Crippen molar-refractivity contribution in [3.05, 3.63) is 0 Å². The zero-order chi connectivity index (χ0) is 24.4. The second-order valence-corrected chi connectivity index (χ2v) is 9.30. The van der Waals surface area contributed by atoms with Crippen molar-refractivity contribution in [2.24, 2.45) is 11.8 Å². The molecule has 0 aromatic rings. The molecule has 33 heavy (non-hydrogen) atoms. The van der Waals surface area contributed by atoms with Gasteiger partial charge in [-0.3, -0.25) is 24.0 Å². The summed E-state index contributed by atoms with van der Waals surface area (Å²) in [5, 5.41) is 7.87. The van der Waals surface area contributed by atoms with Crippen LogP contribution in [0.15, 0.2) is 0 Å². The van der Waals surface area contributed by atoms with Crippen LogP contribution in [0.5, 0.6) is 0 Å². The van der Waals surface area contributed by atoms with Gasteiger partial charge >= 0.3 is 0 Å². The van der Waals surface area contributed by atoms with Gasteiger partial charge < -0.3 is 20.9 Å². The van der Waals surface area contributed by atoms with Crippen molar-refractivity contribution in [1.82, 2.24) is 20.9 Å². The SMILES string of the molecule is CCCC(CC)CC(=O)NCC(=O)N1CC[C@H](CCC)C1C(=O)NCC(=O)C(=O)NC1CC1. The summed E-state index contributed by atoms with van der Waals surface area (Å²) in [7, 11) is 0. The third kappa shape index (κ3) is 8.44. The van der Waals surface area contributed by atoms with Gasteiger partial charge in [0.15, 0.2) is 0 Å². The summed E-state index contributed by atoms with van der Waals surface area (Å²) >= 11 is 0. The molecule has 9 nitrogen and oxygen atoms in total. The maximum absolute atomic E-state index is 12.9. The van der Waals surface area contributed by atoms with Crippen molar-refractivity contribution in [1.29, 1.82) is 0 Å². The van der Waals surface area contributed by atoms with Gasteiger partial charge in [0.1, 0.15) is 6.04 Å². The molecular weight excluding hydrogens is 424 g/mol. The number of amides is 4. The second kappa shape index (κ2) is 13.3. The van der Waals surface area contributed by atoms with Crippen LogP contribution in [0, 0.1) is 11.8 Å². The average molecular weight is 465 g/mol. The van der Waals surface area contributed by atoms with Crippen molar-refractivity contribution in [2.45, 2.75) is 90.6 Å². The fourth-order valence-corrected chi connectivity index (χ4v) is 4.48. The first kappa shape index (κ1) is 26.8. The molecule has 2 unspecified atom stereocenters. The molecule has 9 heteroatoms. The zero-order valence-corrected chi connectivity index (χ0v) is 20.3. The summed E-state index contributed by atoms with van der Waals surface area (Å²) in [6.45, 7) is 6.06. The van der Waals surface area contributed by atoms with E-state index in [4.69, 9.17) is 0 Å². The highest BCUT2D eigenvalue weighted by molar-refractivity contribution is 6.37. The lowest BCUT2D eigenvalue weighted by molar-refractivity contribution is -0.141. The van der Waals surface area contributed by atoms with E-state index < -0.39 is 23.6 Å². The highest BCUT2D eigenvalue weighted by Gasteiger charge is 2.41. The predicted molar refractivity (Wildman–Crippen MR) is 124 cm³/mol. The van der Waals surface area contributed by atoms with Crippen molar-refractivity contribution in [3.63, 3.8) is 0 Å². The highest BCUT2D eigenvalue weighted by atomic mass is 16.2. The molecule has 2 rings (SSSR count). The van der Waals surface area contributed by atoms with Crippen LogP contribution in [-0.4, -0.2) is 66.0 Å². The van der Waals surface area contributed by atoms with Crippen LogP contribution in [0.2, 0.25) is 0 Å². The fraction of sp³-hybridized carbons (Fsp3) is 0.792. The van der Waals surface area contributed by atoms with E-state index in [-0.39, 0.29) is 36.9 Å². The molecule has 2 fully saturated rings. The van der Waals surface area contributed by atoms with Crippen LogP contribution in [0.25, 0.3) is 0 Å². The smallest absolute Gasteiger partial charge is 0.289 e. The lowest BCUT2D eigenvalue weighted by Crippen LogP contribution is -2.52. The number of ketones is 1. The number of hydrogen-bond acceptors (Lipinski definition) is 5. The predicted octanol–water partition coefficient (Wildman–Crippen LogP) is 1.30. The molecule has 0 bridgehead atoms. The van der Waals surface area contributed by atoms with Crippen molar-refractivity contribution < 1.29 is 24.0 Å². The minimum Gasteiger partial charge on any atom is -0.347 e. The molecule has 1 saturated carbocycles. The van der Waals surface area contributed by atoms with E-state index in [1.165, 1.54) is 4.90 Å². The number of nitrogens with one attached hydrogen (secondary N) is 3. The van der Waals surface area contributed by atoms with E-state index in [1.807, 2.05) is 6.92 Å². The van der Waals surface area contributed by atoms with Gasteiger partial charge in [-0.15, -0.1) is 0 Å². The number of nitrogens with zero attached hydrogens (tertiary/aromatic N) is 1. The van der Waals surface area contributed by atoms with E-state index in [0.717, 1.165) is 44.9 Å². The van der Waals surface area contributed by atoms with E-state index in [1.54, 1.807) is 0 Å². The molecule has 1 heterocycles. The molecule has 4 amide bonds. The van der Waals surface area contributed by atoms with Gasteiger partial charge in [-0.25, -0.2) is 0 Å². The van der Waals surface area contributed by atoms with E-state index in [2.05, 4.69) is 29.8 Å². The summed E-state index contributed by atoms with van der Waals surface area (Å²) in [4.78, 5) is 63.4. The van der Waals surface area contributed by atoms with Gasteiger partial charge in [-0.05, 0) is 37.5 Å². The maximum Gasteiger partial charge on any atom is 0.289 e. The number of carbonyl (C=O) groups is 5. The Morgan fingerprint density at radius 3 is 2.27 bits per heavy atom. The second-order valence-electron chi connectivity index (χ2n) is 9.30. The van der Waals surface area contributed by atoms with Gasteiger partial charge in [0.25, 0.3) is 5.91 Å². The Morgan fingerprint density at radius 1 is 0.939 bits per heavy atom. The number of Topliss-reactive ketones (excluding diaryl/α,β-unsaturated/α-hetero) is 1. The van der Waals surface area contributed by atoms with E-state index in [0.29, 0.717) is 25.3 Å². The van der Waals surface area contributed by atoms with Gasteiger partial charge in [0.05, 0.1) is 13.1 Å². The molecule has 0 aromatic heterocycles. The Balaban J connectivity index is 1.90. The van der Waals surface area contributed by atoms with Crippen LogP contribution < -0.4 is 16.0 Å². The molecule has 0 radical (unpaired) electrons. The van der Waals surface area contributed by atoms with Crippen molar-refractivity contribution >= 4 is 29.4 Å². The fourth-order valence-electron chi connectivity index (χ4n) is 4.48. The summed E-state index contributed by atoms with van der Waals surface area (Å²) in [6.07, 6.45) is 7.38. The Labute approximate surface area is 196 Å². The summed E-state index contributed by atoms with van der Waals surface area (Å²) < 4.78 is 0. The first-order valence-corrected chi connectivity index (χ1v) is 12.5. The molecule has 3 N–H and O–H groups in total. The Kier molecular flexibility index (Phi) is 10.8. The topological polar surface area (TPSA) is 125 Å². The van der Waals surface area contributed by atoms with Crippen LogP contribution in [0.4, 0.5) is 0 Å². The Hall–Kier alpha value is -2.45. The minimum atomic E-state index is -0.697. The van der Waals surface area contributed by atoms with Crippen LogP contribution in [-0.2, 0) is 24.0 Å². The first-order chi connectivity index (χ1) is 15.8. The average Bonchev–Trinajstić information content (AvgIpc) is 3.51. The monoisotopic (exact) mass is 464 g/mol. The third-order valence-corrected chi connectivity index (χ3v) is 6.55. The molecule has 3 atom stereocenters. The molecule has 1 aliphatic heterocycles. The minimum absolute atomic E-state index is 0.0147. The Bertz CT molecular complexity index is 722. The molecule has 0 spiro atoms.